The van der Waals surface area contributed by atoms with Gasteiger partial charge in [-0.1, -0.05) is 0 Å². The lowest BCUT2D eigenvalue weighted by atomic mass is 9.82. The molecule has 1 aliphatic rings. The maximum atomic E-state index is 13.0. The van der Waals surface area contributed by atoms with Crippen LogP contribution in [0.5, 0.6) is 0 Å². The Labute approximate surface area is 112 Å². The van der Waals surface area contributed by atoms with Gasteiger partial charge in [0.05, 0.1) is 11.0 Å². The number of benzene rings is 1. The van der Waals surface area contributed by atoms with Crippen LogP contribution < -0.4 is 0 Å². The van der Waals surface area contributed by atoms with E-state index in [0.29, 0.717) is 24.9 Å². The summed E-state index contributed by atoms with van der Waals surface area (Å²) >= 11 is 0. The molecule has 1 N–H and O–H groups in total. The number of hydrogen-bond acceptors (Lipinski definition) is 3. The van der Waals surface area contributed by atoms with Gasteiger partial charge in [-0.05, 0) is 49.4 Å². The standard InChI is InChI=1S/C13H18FNO3S/c1-9-5-11(14)3-4-13(9)19(17,18)15(2)8-10-6-12(16)7-10/h3-5,10,12,16H,6-8H2,1-2H3. The smallest absolute Gasteiger partial charge is 0.243 e. The molecule has 0 spiro atoms. The van der Waals surface area contributed by atoms with Crippen molar-refractivity contribution in [3.8, 4) is 0 Å². The molecule has 0 bridgehead atoms. The maximum Gasteiger partial charge on any atom is 0.243 e. The molecule has 4 nitrogen and oxygen atoms in total. The zero-order chi connectivity index (χ0) is 14.2. The topological polar surface area (TPSA) is 57.6 Å². The number of aliphatic hydroxyl groups is 1. The minimum Gasteiger partial charge on any atom is -0.393 e. The molecule has 1 aliphatic carbocycles. The average Bonchev–Trinajstić information content (AvgIpc) is 2.26. The average molecular weight is 287 g/mol. The number of aliphatic hydroxyl groups excluding tert-OH is 1. The van der Waals surface area contributed by atoms with Crippen molar-refractivity contribution in [2.24, 2.45) is 5.92 Å². The van der Waals surface area contributed by atoms with E-state index in [2.05, 4.69) is 0 Å². The van der Waals surface area contributed by atoms with Gasteiger partial charge in [0.25, 0.3) is 0 Å². The van der Waals surface area contributed by atoms with E-state index in [-0.39, 0.29) is 16.9 Å². The van der Waals surface area contributed by atoms with E-state index in [1.165, 1.54) is 23.5 Å². The molecule has 0 heterocycles. The Morgan fingerprint density at radius 3 is 2.58 bits per heavy atom. The summed E-state index contributed by atoms with van der Waals surface area (Å²) in [5.74, 6) is -0.239. The van der Waals surface area contributed by atoms with E-state index in [9.17, 15) is 17.9 Å². The van der Waals surface area contributed by atoms with Crippen LogP contribution in [0.1, 0.15) is 18.4 Å². The molecule has 6 heteroatoms. The van der Waals surface area contributed by atoms with Gasteiger partial charge in [-0.25, -0.2) is 17.1 Å². The second-order valence-corrected chi connectivity index (χ2v) is 7.20. The zero-order valence-electron chi connectivity index (χ0n) is 11.0. The largest absolute Gasteiger partial charge is 0.393 e. The summed E-state index contributed by atoms with van der Waals surface area (Å²) in [6.07, 6.45) is 0.985. The lowest BCUT2D eigenvalue weighted by molar-refractivity contribution is 0.0367. The molecule has 0 unspecified atom stereocenters. The summed E-state index contributed by atoms with van der Waals surface area (Å²) in [5.41, 5.74) is 0.403. The third-order valence-electron chi connectivity index (χ3n) is 3.55. The Hall–Kier alpha value is -0.980. The minimum atomic E-state index is -3.59. The Morgan fingerprint density at radius 2 is 2.05 bits per heavy atom. The van der Waals surface area contributed by atoms with Crippen molar-refractivity contribution in [1.82, 2.24) is 4.31 Å². The van der Waals surface area contributed by atoms with E-state index < -0.39 is 15.8 Å². The fourth-order valence-electron chi connectivity index (χ4n) is 2.38. The molecule has 106 valence electrons. The highest BCUT2D eigenvalue weighted by Gasteiger charge is 2.32. The summed E-state index contributed by atoms with van der Waals surface area (Å²) < 4.78 is 39.0. The summed E-state index contributed by atoms with van der Waals surface area (Å²) in [5, 5.41) is 9.22. The molecular weight excluding hydrogens is 269 g/mol. The minimum absolute atomic E-state index is 0.135. The van der Waals surface area contributed by atoms with Crippen LogP contribution in [0, 0.1) is 18.7 Å². The van der Waals surface area contributed by atoms with Crippen molar-refractivity contribution in [1.29, 1.82) is 0 Å². The van der Waals surface area contributed by atoms with Crippen molar-refractivity contribution in [2.45, 2.75) is 30.8 Å². The fraction of sp³-hybridized carbons (Fsp3) is 0.538. The molecular formula is C13H18FNO3S. The molecule has 0 amide bonds. The highest BCUT2D eigenvalue weighted by molar-refractivity contribution is 7.89. The van der Waals surface area contributed by atoms with Gasteiger partial charge in [-0.2, -0.15) is 0 Å². The number of nitrogens with zero attached hydrogens (tertiary/aromatic N) is 1. The van der Waals surface area contributed by atoms with Crippen LogP contribution >= 0.6 is 0 Å². The third kappa shape index (κ3) is 2.96. The molecule has 0 atom stereocenters. The van der Waals surface area contributed by atoms with Crippen molar-refractivity contribution >= 4 is 10.0 Å². The van der Waals surface area contributed by atoms with Gasteiger partial charge < -0.3 is 5.11 Å². The molecule has 1 aromatic carbocycles. The van der Waals surface area contributed by atoms with Crippen LogP contribution in [0.25, 0.3) is 0 Å². The Kier molecular flexibility index (Phi) is 3.94. The predicted molar refractivity (Wildman–Crippen MR) is 69.7 cm³/mol. The first-order chi connectivity index (χ1) is 8.80. The van der Waals surface area contributed by atoms with Crippen LogP contribution in [0.15, 0.2) is 23.1 Å². The van der Waals surface area contributed by atoms with E-state index in [4.69, 9.17) is 0 Å². The Balaban J connectivity index is 2.16. The van der Waals surface area contributed by atoms with Gasteiger partial charge in [0.2, 0.25) is 10.0 Å². The highest BCUT2D eigenvalue weighted by atomic mass is 32.2. The first-order valence-corrected chi connectivity index (χ1v) is 7.65. The van der Waals surface area contributed by atoms with Gasteiger partial charge in [-0.15, -0.1) is 0 Å². The highest BCUT2D eigenvalue weighted by Crippen LogP contribution is 2.29. The number of aryl methyl sites for hydroxylation is 1. The summed E-state index contributed by atoms with van der Waals surface area (Å²) in [4.78, 5) is 0.135. The fourth-order valence-corrected chi connectivity index (χ4v) is 3.83. The van der Waals surface area contributed by atoms with E-state index >= 15 is 0 Å². The Bertz CT molecular complexity index is 567. The molecule has 0 aliphatic heterocycles. The molecule has 0 saturated heterocycles. The van der Waals surface area contributed by atoms with Crippen molar-refractivity contribution in [2.75, 3.05) is 13.6 Å². The van der Waals surface area contributed by atoms with E-state index in [1.54, 1.807) is 6.92 Å². The first-order valence-electron chi connectivity index (χ1n) is 6.21. The molecule has 2 rings (SSSR count). The first kappa shape index (κ1) is 14.4. The molecule has 19 heavy (non-hydrogen) atoms. The van der Waals surface area contributed by atoms with Gasteiger partial charge in [0.1, 0.15) is 5.82 Å². The SMILES string of the molecule is Cc1cc(F)ccc1S(=O)(=O)N(C)CC1CC(O)C1. The summed E-state index contributed by atoms with van der Waals surface area (Å²) in [7, 11) is -2.07. The number of hydrogen-bond donors (Lipinski definition) is 1. The van der Waals surface area contributed by atoms with Crippen LogP contribution in [0.3, 0.4) is 0 Å². The second kappa shape index (κ2) is 5.19. The van der Waals surface area contributed by atoms with E-state index in [1.807, 2.05) is 0 Å². The third-order valence-corrected chi connectivity index (χ3v) is 5.53. The van der Waals surface area contributed by atoms with Crippen LogP contribution in [0.4, 0.5) is 4.39 Å². The lowest BCUT2D eigenvalue weighted by Gasteiger charge is -2.34. The predicted octanol–water partition coefficient (Wildman–Crippen LogP) is 1.53. The molecule has 1 saturated carbocycles. The monoisotopic (exact) mass is 287 g/mol. The molecule has 1 aromatic rings. The maximum absolute atomic E-state index is 13.0. The van der Waals surface area contributed by atoms with Gasteiger partial charge in [0, 0.05) is 13.6 Å². The quantitative estimate of drug-likeness (QED) is 0.913. The van der Waals surface area contributed by atoms with Crippen LogP contribution in [0.2, 0.25) is 0 Å². The number of rotatable bonds is 4. The molecule has 0 radical (unpaired) electrons. The van der Waals surface area contributed by atoms with Crippen molar-refractivity contribution in [3.05, 3.63) is 29.6 Å². The zero-order valence-corrected chi connectivity index (χ0v) is 11.8. The van der Waals surface area contributed by atoms with Gasteiger partial charge in [0.15, 0.2) is 0 Å². The number of halogens is 1. The number of sulfonamides is 1. The van der Waals surface area contributed by atoms with Crippen LogP contribution in [-0.2, 0) is 10.0 Å². The lowest BCUT2D eigenvalue weighted by Crippen LogP contribution is -2.39. The molecule has 1 fully saturated rings. The van der Waals surface area contributed by atoms with Crippen molar-refractivity contribution < 1.29 is 17.9 Å². The molecule has 0 aromatic heterocycles. The normalized spacial score (nSPS) is 23.4. The van der Waals surface area contributed by atoms with Crippen molar-refractivity contribution in [3.63, 3.8) is 0 Å². The Morgan fingerprint density at radius 1 is 1.42 bits per heavy atom. The van der Waals surface area contributed by atoms with Gasteiger partial charge >= 0.3 is 0 Å². The second-order valence-electron chi connectivity index (χ2n) is 5.19. The summed E-state index contributed by atoms with van der Waals surface area (Å²) in [6.45, 7) is 1.97. The van der Waals surface area contributed by atoms with E-state index in [0.717, 1.165) is 6.07 Å². The van der Waals surface area contributed by atoms with Crippen LogP contribution in [-0.4, -0.2) is 37.5 Å². The summed E-state index contributed by atoms with van der Waals surface area (Å²) in [6, 6.07) is 3.67. The van der Waals surface area contributed by atoms with Gasteiger partial charge in [-0.3, -0.25) is 0 Å².